The highest BCUT2D eigenvalue weighted by Gasteiger charge is 2.34. The van der Waals surface area contributed by atoms with E-state index in [1.54, 1.807) is 12.1 Å². The summed E-state index contributed by atoms with van der Waals surface area (Å²) in [6, 6.07) is 7.60. The molecule has 4 nitrogen and oxygen atoms in total. The highest BCUT2D eigenvalue weighted by molar-refractivity contribution is 5.46. The van der Waals surface area contributed by atoms with Crippen LogP contribution in [0.1, 0.15) is 19.3 Å². The van der Waals surface area contributed by atoms with Gasteiger partial charge in [0, 0.05) is 64.1 Å². The molecule has 0 amide bonds. The van der Waals surface area contributed by atoms with E-state index >= 15 is 0 Å². The molecule has 1 aromatic carbocycles. The number of anilines is 1. The van der Waals surface area contributed by atoms with Gasteiger partial charge in [-0.3, -0.25) is 9.80 Å². The number of halogens is 1. The predicted molar refractivity (Wildman–Crippen MR) is 94.0 cm³/mol. The number of hydrogen-bond donors (Lipinski definition) is 0. The van der Waals surface area contributed by atoms with Crippen LogP contribution in [0.3, 0.4) is 0 Å². The molecular formula is C19H28FN3O. The van der Waals surface area contributed by atoms with Gasteiger partial charge in [-0.05, 0) is 43.5 Å². The molecule has 4 rings (SSSR count). The normalized spacial score (nSPS) is 27.2. The lowest BCUT2D eigenvalue weighted by molar-refractivity contribution is -0.0418. The smallest absolute Gasteiger partial charge is 0.123 e. The Morgan fingerprint density at radius 3 is 2.42 bits per heavy atom. The number of ether oxygens (including phenoxy) is 1. The number of rotatable bonds is 4. The molecule has 3 saturated heterocycles. The van der Waals surface area contributed by atoms with Crippen LogP contribution in [0.15, 0.2) is 24.3 Å². The van der Waals surface area contributed by atoms with E-state index in [9.17, 15) is 4.39 Å². The molecule has 0 spiro atoms. The molecule has 1 unspecified atom stereocenters. The van der Waals surface area contributed by atoms with E-state index in [1.807, 2.05) is 12.1 Å². The quantitative estimate of drug-likeness (QED) is 0.841. The van der Waals surface area contributed by atoms with Crippen molar-refractivity contribution in [2.45, 2.75) is 31.4 Å². The summed E-state index contributed by atoms with van der Waals surface area (Å²) in [5.74, 6) is -0.158. The average molecular weight is 333 g/mol. The molecule has 1 aromatic rings. The van der Waals surface area contributed by atoms with E-state index in [0.29, 0.717) is 12.1 Å². The molecule has 1 atom stereocenters. The molecule has 0 aromatic heterocycles. The second-order valence-corrected chi connectivity index (χ2v) is 7.36. The Kier molecular flexibility index (Phi) is 5.01. The van der Waals surface area contributed by atoms with E-state index in [-0.39, 0.29) is 5.82 Å². The molecule has 0 N–H and O–H groups in total. The Labute approximate surface area is 144 Å². The van der Waals surface area contributed by atoms with E-state index in [2.05, 4.69) is 14.7 Å². The summed E-state index contributed by atoms with van der Waals surface area (Å²) >= 11 is 0. The van der Waals surface area contributed by atoms with Crippen molar-refractivity contribution in [3.05, 3.63) is 30.1 Å². The van der Waals surface area contributed by atoms with Gasteiger partial charge < -0.3 is 9.64 Å². The molecular weight excluding hydrogens is 305 g/mol. The number of benzene rings is 1. The minimum absolute atomic E-state index is 0.158. The monoisotopic (exact) mass is 333 g/mol. The van der Waals surface area contributed by atoms with Gasteiger partial charge in [0.1, 0.15) is 5.82 Å². The molecule has 0 aliphatic carbocycles. The third-order valence-electron chi connectivity index (χ3n) is 5.70. The number of hydrogen-bond acceptors (Lipinski definition) is 4. The average Bonchev–Trinajstić information content (AvgIpc) is 2.60. The fourth-order valence-electron chi connectivity index (χ4n) is 4.16. The summed E-state index contributed by atoms with van der Waals surface area (Å²) in [4.78, 5) is 7.54. The minimum atomic E-state index is -0.158. The van der Waals surface area contributed by atoms with E-state index in [1.165, 1.54) is 32.4 Å². The fraction of sp³-hybridized carbons (Fsp3) is 0.684. The van der Waals surface area contributed by atoms with Crippen molar-refractivity contribution in [1.82, 2.24) is 9.80 Å². The summed E-state index contributed by atoms with van der Waals surface area (Å²) in [6.07, 6.45) is 4.26. The van der Waals surface area contributed by atoms with Crippen LogP contribution in [-0.2, 0) is 4.74 Å². The van der Waals surface area contributed by atoms with Crippen molar-refractivity contribution in [2.24, 2.45) is 0 Å². The second-order valence-electron chi connectivity index (χ2n) is 7.36. The Hall–Kier alpha value is -1.17. The van der Waals surface area contributed by atoms with Gasteiger partial charge in [0.05, 0.1) is 6.10 Å². The molecule has 5 heteroatoms. The summed E-state index contributed by atoms with van der Waals surface area (Å²) < 4.78 is 18.9. The summed E-state index contributed by atoms with van der Waals surface area (Å²) in [5, 5.41) is 0. The third-order valence-corrected chi connectivity index (χ3v) is 5.70. The van der Waals surface area contributed by atoms with Crippen molar-refractivity contribution in [1.29, 1.82) is 0 Å². The second kappa shape index (κ2) is 7.38. The Balaban J connectivity index is 1.19. The lowest BCUT2D eigenvalue weighted by Crippen LogP contribution is -2.64. The van der Waals surface area contributed by atoms with Crippen molar-refractivity contribution in [3.63, 3.8) is 0 Å². The van der Waals surface area contributed by atoms with Crippen LogP contribution in [0.5, 0.6) is 0 Å². The molecule has 0 saturated carbocycles. The topological polar surface area (TPSA) is 19.0 Å². The Morgan fingerprint density at radius 2 is 1.75 bits per heavy atom. The number of nitrogens with zero attached hydrogens (tertiary/aromatic N) is 3. The lowest BCUT2D eigenvalue weighted by Gasteiger charge is -2.49. The highest BCUT2D eigenvalue weighted by atomic mass is 19.1. The van der Waals surface area contributed by atoms with Crippen molar-refractivity contribution < 1.29 is 9.13 Å². The first kappa shape index (κ1) is 16.3. The van der Waals surface area contributed by atoms with Crippen molar-refractivity contribution >= 4 is 5.69 Å². The van der Waals surface area contributed by atoms with Crippen LogP contribution in [-0.4, -0.2) is 74.4 Å². The van der Waals surface area contributed by atoms with E-state index < -0.39 is 0 Å². The van der Waals surface area contributed by atoms with Crippen LogP contribution >= 0.6 is 0 Å². The van der Waals surface area contributed by atoms with Crippen LogP contribution in [0, 0.1) is 5.82 Å². The zero-order chi connectivity index (χ0) is 16.4. The van der Waals surface area contributed by atoms with Gasteiger partial charge >= 0.3 is 0 Å². The van der Waals surface area contributed by atoms with Crippen LogP contribution in [0.2, 0.25) is 0 Å². The van der Waals surface area contributed by atoms with E-state index in [4.69, 9.17) is 4.74 Å². The van der Waals surface area contributed by atoms with Gasteiger partial charge in [-0.15, -0.1) is 0 Å². The highest BCUT2D eigenvalue weighted by Crippen LogP contribution is 2.22. The molecule has 0 radical (unpaired) electrons. The largest absolute Gasteiger partial charge is 0.377 e. The minimum Gasteiger partial charge on any atom is -0.377 e. The van der Waals surface area contributed by atoms with Gasteiger partial charge in [0.25, 0.3) is 0 Å². The standard InChI is InChI=1S/C19H28FN3O/c20-16-4-6-17(7-5-16)22-8-10-23(11-9-22)18-13-21(14-18)15-19-3-1-2-12-24-19/h4-7,18-19H,1-3,8-15H2. The van der Waals surface area contributed by atoms with Crippen molar-refractivity contribution in [3.8, 4) is 0 Å². The first-order valence-corrected chi connectivity index (χ1v) is 9.36. The summed E-state index contributed by atoms with van der Waals surface area (Å²) in [7, 11) is 0. The van der Waals surface area contributed by atoms with Gasteiger partial charge in [0.2, 0.25) is 0 Å². The first-order valence-electron chi connectivity index (χ1n) is 9.36. The first-order chi connectivity index (χ1) is 11.8. The van der Waals surface area contributed by atoms with Crippen LogP contribution < -0.4 is 4.90 Å². The maximum Gasteiger partial charge on any atom is 0.123 e. The molecule has 3 aliphatic heterocycles. The van der Waals surface area contributed by atoms with E-state index in [0.717, 1.165) is 45.0 Å². The zero-order valence-electron chi connectivity index (χ0n) is 14.4. The third kappa shape index (κ3) is 3.73. The number of piperazine rings is 1. The lowest BCUT2D eigenvalue weighted by atomic mass is 10.0. The zero-order valence-corrected chi connectivity index (χ0v) is 14.4. The summed E-state index contributed by atoms with van der Waals surface area (Å²) in [5.41, 5.74) is 1.14. The Bertz CT molecular complexity index is 518. The molecule has 3 heterocycles. The van der Waals surface area contributed by atoms with Crippen LogP contribution in [0.25, 0.3) is 0 Å². The van der Waals surface area contributed by atoms with Gasteiger partial charge in [-0.1, -0.05) is 0 Å². The summed E-state index contributed by atoms with van der Waals surface area (Å²) in [6.45, 7) is 8.74. The van der Waals surface area contributed by atoms with Gasteiger partial charge in [0.15, 0.2) is 0 Å². The molecule has 3 fully saturated rings. The van der Waals surface area contributed by atoms with Crippen molar-refractivity contribution in [2.75, 3.05) is 57.3 Å². The number of likely N-dealkylation sites (tertiary alicyclic amines) is 1. The predicted octanol–water partition coefficient (Wildman–Crippen LogP) is 2.20. The molecule has 3 aliphatic rings. The maximum atomic E-state index is 13.0. The van der Waals surface area contributed by atoms with Crippen LogP contribution in [0.4, 0.5) is 10.1 Å². The maximum absolute atomic E-state index is 13.0. The molecule has 24 heavy (non-hydrogen) atoms. The van der Waals surface area contributed by atoms with Gasteiger partial charge in [-0.25, -0.2) is 4.39 Å². The van der Waals surface area contributed by atoms with Gasteiger partial charge in [-0.2, -0.15) is 0 Å². The Morgan fingerprint density at radius 1 is 1.00 bits per heavy atom. The molecule has 132 valence electrons. The SMILES string of the molecule is Fc1ccc(N2CCN(C3CN(CC4CCCCO4)C3)CC2)cc1. The fourth-order valence-corrected chi connectivity index (χ4v) is 4.16. The molecule has 0 bridgehead atoms.